The van der Waals surface area contributed by atoms with E-state index in [2.05, 4.69) is 24.3 Å². The topological polar surface area (TPSA) is 63.7 Å². The molecule has 0 radical (unpaired) electrons. The van der Waals surface area contributed by atoms with Crippen LogP contribution in [0.3, 0.4) is 0 Å². The first-order chi connectivity index (χ1) is 15.9. The van der Waals surface area contributed by atoms with Crippen LogP contribution in [0.4, 0.5) is 0 Å². The fraction of sp³-hybridized carbons (Fsp3) is 0.423. The highest BCUT2D eigenvalue weighted by Gasteiger charge is 2.63. The zero-order valence-electron chi connectivity index (χ0n) is 18.4. The number of amides is 2. The second kappa shape index (κ2) is 8.44. The van der Waals surface area contributed by atoms with Crippen LogP contribution in [0.1, 0.15) is 47.9 Å². The minimum absolute atomic E-state index is 0.0436. The standard InChI is InChI=1S/C26H25Cl2NO4/c1-13(2)23(26(32)33-14(11-27)12-28)29-24(30)21-19-15-7-3-4-8-16(15)20(22(21)25(29)31)18-10-6-5-9-17(18)19/h3-10,13-14,19-23H,11-12H2,1-2H3/t19?,20?,21-,22-,23-/m1/s1. The first-order valence-electron chi connectivity index (χ1n) is 11.3. The van der Waals surface area contributed by atoms with E-state index in [1.54, 1.807) is 0 Å². The maximum absolute atomic E-state index is 13.9. The maximum atomic E-state index is 13.9. The van der Waals surface area contributed by atoms with Crippen molar-refractivity contribution in [2.75, 3.05) is 11.8 Å². The third-order valence-electron chi connectivity index (χ3n) is 7.26. The molecule has 2 aromatic carbocycles. The van der Waals surface area contributed by atoms with Crippen molar-refractivity contribution in [1.29, 1.82) is 0 Å². The lowest BCUT2D eigenvalue weighted by molar-refractivity contribution is -0.163. The van der Waals surface area contributed by atoms with Gasteiger partial charge < -0.3 is 4.74 Å². The minimum Gasteiger partial charge on any atom is -0.458 e. The second-order valence-electron chi connectivity index (χ2n) is 9.37. The zero-order chi connectivity index (χ0) is 23.4. The summed E-state index contributed by atoms with van der Waals surface area (Å²) in [5.41, 5.74) is 4.38. The van der Waals surface area contributed by atoms with Crippen LogP contribution in [0, 0.1) is 17.8 Å². The van der Waals surface area contributed by atoms with E-state index in [0.29, 0.717) is 0 Å². The van der Waals surface area contributed by atoms with Crippen LogP contribution in [-0.2, 0) is 19.1 Å². The predicted molar refractivity (Wildman–Crippen MR) is 125 cm³/mol. The molecule has 1 aliphatic heterocycles. The summed E-state index contributed by atoms with van der Waals surface area (Å²) in [6.07, 6.45) is -0.679. The maximum Gasteiger partial charge on any atom is 0.329 e. The van der Waals surface area contributed by atoms with Gasteiger partial charge in [-0.2, -0.15) is 0 Å². The predicted octanol–water partition coefficient (Wildman–Crippen LogP) is 4.29. The summed E-state index contributed by atoms with van der Waals surface area (Å²) in [5, 5.41) is 0. The summed E-state index contributed by atoms with van der Waals surface area (Å²) in [5.74, 6) is -2.95. The summed E-state index contributed by atoms with van der Waals surface area (Å²) >= 11 is 11.7. The molecule has 2 aromatic rings. The molecule has 1 fully saturated rings. The number of carbonyl (C=O) groups is 3. The van der Waals surface area contributed by atoms with E-state index >= 15 is 0 Å². The Bertz CT molecular complexity index is 1010. The number of esters is 1. The summed E-state index contributed by atoms with van der Waals surface area (Å²) in [7, 11) is 0. The molecule has 0 aromatic heterocycles. The monoisotopic (exact) mass is 485 g/mol. The number of hydrogen-bond donors (Lipinski definition) is 0. The second-order valence-corrected chi connectivity index (χ2v) is 9.98. The molecule has 0 spiro atoms. The molecule has 172 valence electrons. The molecule has 0 N–H and O–H groups in total. The summed E-state index contributed by atoms with van der Waals surface area (Å²) < 4.78 is 5.48. The Morgan fingerprint density at radius 3 is 1.58 bits per heavy atom. The molecule has 5 nitrogen and oxygen atoms in total. The number of imide groups is 1. The lowest BCUT2D eigenvalue weighted by Crippen LogP contribution is -2.50. The van der Waals surface area contributed by atoms with Crippen molar-refractivity contribution in [3.05, 3.63) is 70.8 Å². The van der Waals surface area contributed by atoms with E-state index in [9.17, 15) is 14.4 Å². The highest BCUT2D eigenvalue weighted by molar-refractivity contribution is 6.21. The number of carbonyl (C=O) groups excluding carboxylic acids is 3. The first kappa shape index (κ1) is 22.4. The van der Waals surface area contributed by atoms with Crippen molar-refractivity contribution in [3.8, 4) is 0 Å². The quantitative estimate of drug-likeness (QED) is 0.347. The molecule has 2 bridgehead atoms. The molecule has 1 saturated heterocycles. The van der Waals surface area contributed by atoms with Crippen molar-refractivity contribution < 1.29 is 19.1 Å². The molecular weight excluding hydrogens is 461 g/mol. The Morgan fingerprint density at radius 1 is 0.848 bits per heavy atom. The van der Waals surface area contributed by atoms with Gasteiger partial charge in [0.2, 0.25) is 11.8 Å². The number of alkyl halides is 2. The fourth-order valence-electron chi connectivity index (χ4n) is 5.99. The lowest BCUT2D eigenvalue weighted by atomic mass is 9.55. The first-order valence-corrected chi connectivity index (χ1v) is 12.3. The van der Waals surface area contributed by atoms with Gasteiger partial charge in [-0.1, -0.05) is 62.4 Å². The van der Waals surface area contributed by atoms with Gasteiger partial charge in [-0.05, 0) is 28.2 Å². The van der Waals surface area contributed by atoms with E-state index in [-0.39, 0.29) is 41.3 Å². The highest BCUT2D eigenvalue weighted by Crippen LogP contribution is 2.61. The Kier molecular flexibility index (Phi) is 5.74. The van der Waals surface area contributed by atoms with Crippen LogP contribution in [0.15, 0.2) is 48.5 Å². The number of hydrogen-bond acceptors (Lipinski definition) is 4. The van der Waals surface area contributed by atoms with Crippen LogP contribution in [0.25, 0.3) is 0 Å². The van der Waals surface area contributed by atoms with Gasteiger partial charge in [-0.15, -0.1) is 23.2 Å². The minimum atomic E-state index is -1.02. The van der Waals surface area contributed by atoms with Gasteiger partial charge in [-0.3, -0.25) is 14.5 Å². The zero-order valence-corrected chi connectivity index (χ0v) is 19.9. The molecule has 0 unspecified atom stereocenters. The van der Waals surface area contributed by atoms with Crippen LogP contribution in [0.2, 0.25) is 0 Å². The molecule has 7 heteroatoms. The molecule has 0 saturated carbocycles. The van der Waals surface area contributed by atoms with Crippen molar-refractivity contribution >= 4 is 41.0 Å². The number of ether oxygens (including phenoxy) is 1. The Balaban J connectivity index is 1.59. The number of rotatable bonds is 6. The van der Waals surface area contributed by atoms with E-state index in [4.69, 9.17) is 27.9 Å². The molecule has 3 atom stereocenters. The van der Waals surface area contributed by atoms with Gasteiger partial charge in [0, 0.05) is 11.8 Å². The van der Waals surface area contributed by atoms with Crippen molar-refractivity contribution in [2.45, 2.75) is 37.8 Å². The average molecular weight is 486 g/mol. The van der Waals surface area contributed by atoms with Gasteiger partial charge in [0.25, 0.3) is 0 Å². The Labute approximate surface area is 203 Å². The van der Waals surface area contributed by atoms with Gasteiger partial charge in [0.15, 0.2) is 0 Å². The molecule has 33 heavy (non-hydrogen) atoms. The molecule has 1 heterocycles. The van der Waals surface area contributed by atoms with Crippen molar-refractivity contribution in [1.82, 2.24) is 4.90 Å². The van der Waals surface area contributed by atoms with Gasteiger partial charge in [0.05, 0.1) is 23.6 Å². The van der Waals surface area contributed by atoms with E-state index in [1.807, 2.05) is 38.1 Å². The highest BCUT2D eigenvalue weighted by atomic mass is 35.5. The summed E-state index contributed by atoms with van der Waals surface area (Å²) in [4.78, 5) is 42.1. The van der Waals surface area contributed by atoms with E-state index < -0.39 is 30.0 Å². The third kappa shape index (κ3) is 3.23. The summed E-state index contributed by atoms with van der Waals surface area (Å²) in [6, 6.07) is 15.1. The van der Waals surface area contributed by atoms with Gasteiger partial charge >= 0.3 is 5.97 Å². The molecule has 3 aliphatic carbocycles. The lowest BCUT2D eigenvalue weighted by Gasteiger charge is -2.45. The number of nitrogens with zero attached hydrogens (tertiary/aromatic N) is 1. The normalized spacial score (nSPS) is 25.8. The smallest absolute Gasteiger partial charge is 0.329 e. The van der Waals surface area contributed by atoms with Crippen LogP contribution >= 0.6 is 23.2 Å². The number of likely N-dealkylation sites (tertiary alicyclic amines) is 1. The van der Waals surface area contributed by atoms with Crippen LogP contribution in [0.5, 0.6) is 0 Å². The van der Waals surface area contributed by atoms with Crippen LogP contribution in [-0.4, -0.2) is 46.6 Å². The van der Waals surface area contributed by atoms with E-state index in [0.717, 1.165) is 22.3 Å². The molecule has 4 aliphatic rings. The SMILES string of the molecule is CC(C)[C@H](C(=O)OC(CCl)CCl)N1C(=O)[C@@H]2C3c4ccccc4C(c4ccccc43)[C@H]2C1=O. The molecule has 2 amide bonds. The van der Waals surface area contributed by atoms with Crippen molar-refractivity contribution in [3.63, 3.8) is 0 Å². The molecule has 6 rings (SSSR count). The van der Waals surface area contributed by atoms with E-state index in [1.165, 1.54) is 4.90 Å². The fourth-order valence-corrected chi connectivity index (χ4v) is 6.44. The summed E-state index contributed by atoms with van der Waals surface area (Å²) in [6.45, 7) is 3.62. The largest absolute Gasteiger partial charge is 0.458 e. The van der Waals surface area contributed by atoms with Crippen LogP contribution < -0.4 is 0 Å². The van der Waals surface area contributed by atoms with Gasteiger partial charge in [-0.25, -0.2) is 4.79 Å². The Morgan fingerprint density at radius 2 is 1.24 bits per heavy atom. The van der Waals surface area contributed by atoms with Crippen molar-refractivity contribution in [2.24, 2.45) is 17.8 Å². The molecular formula is C26H25Cl2NO4. The third-order valence-corrected chi connectivity index (χ3v) is 7.95. The average Bonchev–Trinajstić information content (AvgIpc) is 3.08. The number of benzene rings is 2. The number of halogens is 2. The Hall–Kier alpha value is -2.37. The van der Waals surface area contributed by atoms with Gasteiger partial charge in [0.1, 0.15) is 12.1 Å².